The van der Waals surface area contributed by atoms with Gasteiger partial charge in [0.2, 0.25) is 0 Å². The molecule has 0 aliphatic carbocycles. The lowest BCUT2D eigenvalue weighted by atomic mass is 10.2. The standard InChI is InChI=1S/C19H16Cl4N4S/c1-10-18(25-19(28)24-14-5-6-15(21)17(23)8-14)11(2)27(26-10)9-12-3-4-13(20)7-16(12)22/h3-8H,9H2,1-2H3,(H2,24,25,28). The number of hydrogen-bond acceptors (Lipinski definition) is 2. The molecule has 0 amide bonds. The predicted octanol–water partition coefficient (Wildman–Crippen LogP) is 6.97. The summed E-state index contributed by atoms with van der Waals surface area (Å²) in [4.78, 5) is 0. The third-order valence-electron chi connectivity index (χ3n) is 4.13. The van der Waals surface area contributed by atoms with Gasteiger partial charge in [-0.1, -0.05) is 52.5 Å². The van der Waals surface area contributed by atoms with E-state index in [1.54, 1.807) is 24.3 Å². The van der Waals surface area contributed by atoms with Crippen molar-refractivity contribution in [3.8, 4) is 0 Å². The Morgan fingerprint density at radius 2 is 1.71 bits per heavy atom. The number of halogens is 4. The van der Waals surface area contributed by atoms with Crippen LogP contribution in [0.2, 0.25) is 20.1 Å². The van der Waals surface area contributed by atoms with E-state index >= 15 is 0 Å². The van der Waals surface area contributed by atoms with Crippen molar-refractivity contribution in [3.63, 3.8) is 0 Å². The highest BCUT2D eigenvalue weighted by Crippen LogP contribution is 2.27. The van der Waals surface area contributed by atoms with Gasteiger partial charge >= 0.3 is 0 Å². The topological polar surface area (TPSA) is 41.9 Å². The van der Waals surface area contributed by atoms with Crippen LogP contribution in [-0.2, 0) is 6.54 Å². The van der Waals surface area contributed by atoms with Gasteiger partial charge in [0.15, 0.2) is 5.11 Å². The summed E-state index contributed by atoms with van der Waals surface area (Å²) in [5.41, 5.74) is 4.26. The number of nitrogens with one attached hydrogen (secondary N) is 2. The zero-order valence-corrected chi connectivity index (χ0v) is 18.8. The smallest absolute Gasteiger partial charge is 0.175 e. The summed E-state index contributed by atoms with van der Waals surface area (Å²) in [6.07, 6.45) is 0. The summed E-state index contributed by atoms with van der Waals surface area (Å²) in [7, 11) is 0. The Kier molecular flexibility index (Phi) is 6.73. The second-order valence-corrected chi connectivity index (χ2v) is 8.21. The summed E-state index contributed by atoms with van der Waals surface area (Å²) in [5.74, 6) is 0. The van der Waals surface area contributed by atoms with Crippen LogP contribution in [0, 0.1) is 13.8 Å². The van der Waals surface area contributed by atoms with Gasteiger partial charge < -0.3 is 10.6 Å². The van der Waals surface area contributed by atoms with E-state index in [0.717, 1.165) is 28.3 Å². The number of rotatable bonds is 4. The molecule has 146 valence electrons. The zero-order valence-electron chi connectivity index (χ0n) is 15.0. The predicted molar refractivity (Wildman–Crippen MR) is 124 cm³/mol. The molecule has 1 aromatic heterocycles. The first-order valence-electron chi connectivity index (χ1n) is 8.25. The van der Waals surface area contributed by atoms with Gasteiger partial charge in [-0.3, -0.25) is 4.68 Å². The van der Waals surface area contributed by atoms with E-state index in [1.165, 1.54) is 0 Å². The molecule has 2 N–H and O–H groups in total. The fourth-order valence-electron chi connectivity index (χ4n) is 2.69. The lowest BCUT2D eigenvalue weighted by Gasteiger charge is -2.12. The summed E-state index contributed by atoms with van der Waals surface area (Å²) in [5, 5.41) is 13.4. The fourth-order valence-corrected chi connectivity index (χ4v) is 3.68. The molecular weight excluding hydrogens is 458 g/mol. The maximum absolute atomic E-state index is 6.28. The molecule has 0 fully saturated rings. The van der Waals surface area contributed by atoms with Gasteiger partial charge in [0.05, 0.1) is 33.7 Å². The number of benzene rings is 2. The summed E-state index contributed by atoms with van der Waals surface area (Å²) in [6.45, 7) is 4.41. The van der Waals surface area contributed by atoms with Crippen LogP contribution in [0.15, 0.2) is 36.4 Å². The highest BCUT2D eigenvalue weighted by molar-refractivity contribution is 7.80. The minimum atomic E-state index is 0.425. The van der Waals surface area contributed by atoms with E-state index in [2.05, 4.69) is 15.7 Å². The van der Waals surface area contributed by atoms with Crippen LogP contribution in [0.3, 0.4) is 0 Å². The van der Waals surface area contributed by atoms with Crippen LogP contribution in [0.1, 0.15) is 17.0 Å². The third-order valence-corrected chi connectivity index (χ3v) is 5.66. The molecule has 0 saturated heterocycles. The summed E-state index contributed by atoms with van der Waals surface area (Å²) < 4.78 is 1.87. The maximum atomic E-state index is 6.28. The van der Waals surface area contributed by atoms with Crippen molar-refractivity contribution in [2.75, 3.05) is 10.6 Å². The van der Waals surface area contributed by atoms with Crippen molar-refractivity contribution in [1.82, 2.24) is 9.78 Å². The quantitative estimate of drug-likeness (QED) is 0.401. The largest absolute Gasteiger partial charge is 0.332 e. The van der Waals surface area contributed by atoms with Crippen LogP contribution >= 0.6 is 58.6 Å². The highest BCUT2D eigenvalue weighted by atomic mass is 35.5. The Balaban J connectivity index is 1.75. The van der Waals surface area contributed by atoms with Gasteiger partial charge in [0.25, 0.3) is 0 Å². The van der Waals surface area contributed by atoms with Crippen LogP contribution < -0.4 is 10.6 Å². The first-order chi connectivity index (χ1) is 13.2. The van der Waals surface area contributed by atoms with Crippen LogP contribution in [0.25, 0.3) is 0 Å². The van der Waals surface area contributed by atoms with Gasteiger partial charge in [-0.05, 0) is 62.0 Å². The molecule has 0 bridgehead atoms. The van der Waals surface area contributed by atoms with Crippen molar-refractivity contribution >= 4 is 75.1 Å². The molecule has 0 saturated carbocycles. The van der Waals surface area contributed by atoms with E-state index in [9.17, 15) is 0 Å². The molecule has 2 aromatic carbocycles. The summed E-state index contributed by atoms with van der Waals surface area (Å²) >= 11 is 29.7. The van der Waals surface area contributed by atoms with Crippen molar-refractivity contribution in [3.05, 3.63) is 73.4 Å². The van der Waals surface area contributed by atoms with Gasteiger partial charge in [-0.15, -0.1) is 0 Å². The Morgan fingerprint density at radius 1 is 0.964 bits per heavy atom. The molecule has 4 nitrogen and oxygen atoms in total. The van der Waals surface area contributed by atoms with E-state index in [4.69, 9.17) is 58.6 Å². The minimum Gasteiger partial charge on any atom is -0.332 e. The number of nitrogens with zero attached hydrogens (tertiary/aromatic N) is 2. The van der Waals surface area contributed by atoms with Crippen LogP contribution in [0.4, 0.5) is 11.4 Å². The average molecular weight is 474 g/mol. The molecule has 0 atom stereocenters. The highest BCUT2D eigenvalue weighted by Gasteiger charge is 2.14. The fraction of sp³-hybridized carbons (Fsp3) is 0.158. The number of aromatic nitrogens is 2. The molecule has 3 rings (SSSR count). The Bertz CT molecular complexity index is 1050. The number of anilines is 2. The first kappa shape index (κ1) is 21.2. The Hall–Kier alpha value is -1.50. The Morgan fingerprint density at radius 3 is 2.39 bits per heavy atom. The molecule has 9 heteroatoms. The minimum absolute atomic E-state index is 0.425. The molecule has 0 aliphatic rings. The second kappa shape index (κ2) is 8.89. The molecule has 0 unspecified atom stereocenters. The Labute approximate surface area is 188 Å². The van der Waals surface area contributed by atoms with Gasteiger partial charge in [-0.2, -0.15) is 5.10 Å². The van der Waals surface area contributed by atoms with Crippen LogP contribution in [-0.4, -0.2) is 14.9 Å². The summed E-state index contributed by atoms with van der Waals surface area (Å²) in [6, 6.07) is 10.6. The van der Waals surface area contributed by atoms with Crippen molar-refractivity contribution in [2.24, 2.45) is 0 Å². The monoisotopic (exact) mass is 472 g/mol. The van der Waals surface area contributed by atoms with Crippen molar-refractivity contribution < 1.29 is 0 Å². The van der Waals surface area contributed by atoms with Gasteiger partial charge in [0.1, 0.15) is 0 Å². The zero-order chi connectivity index (χ0) is 20.4. The molecular formula is C19H16Cl4N4S. The first-order valence-corrected chi connectivity index (χ1v) is 10.2. The van der Waals surface area contributed by atoms with Gasteiger partial charge in [-0.25, -0.2) is 0 Å². The molecule has 28 heavy (non-hydrogen) atoms. The second-order valence-electron chi connectivity index (χ2n) is 6.15. The lowest BCUT2D eigenvalue weighted by molar-refractivity contribution is 0.659. The van der Waals surface area contributed by atoms with E-state index in [0.29, 0.717) is 31.7 Å². The maximum Gasteiger partial charge on any atom is 0.175 e. The van der Waals surface area contributed by atoms with Crippen LogP contribution in [0.5, 0.6) is 0 Å². The SMILES string of the molecule is Cc1nn(Cc2ccc(Cl)cc2Cl)c(C)c1NC(=S)Nc1ccc(Cl)c(Cl)c1. The number of thiocarbonyl (C=S) groups is 1. The van der Waals surface area contributed by atoms with Gasteiger partial charge in [0, 0.05) is 15.7 Å². The molecule has 3 aromatic rings. The third kappa shape index (κ3) is 4.91. The number of aryl methyl sites for hydroxylation is 1. The lowest BCUT2D eigenvalue weighted by Crippen LogP contribution is -2.20. The van der Waals surface area contributed by atoms with Crippen molar-refractivity contribution in [2.45, 2.75) is 20.4 Å². The molecule has 0 aliphatic heterocycles. The van der Waals surface area contributed by atoms with E-state index in [1.807, 2.05) is 30.7 Å². The van der Waals surface area contributed by atoms with E-state index < -0.39 is 0 Å². The molecule has 1 heterocycles. The normalized spacial score (nSPS) is 10.8. The molecule has 0 spiro atoms. The average Bonchev–Trinajstić information content (AvgIpc) is 2.88. The molecule has 0 radical (unpaired) electrons. The van der Waals surface area contributed by atoms with Crippen molar-refractivity contribution in [1.29, 1.82) is 0 Å². The van der Waals surface area contributed by atoms with E-state index in [-0.39, 0.29) is 0 Å². The number of hydrogen-bond donors (Lipinski definition) is 2.